The number of aromatic nitrogens is 2. The molecule has 0 fully saturated rings. The van der Waals surface area contributed by atoms with Crippen LogP contribution in [0.25, 0.3) is 5.69 Å². The number of aromatic hydroxyl groups is 2. The molecule has 0 saturated carbocycles. The van der Waals surface area contributed by atoms with E-state index < -0.39 is 5.92 Å². The van der Waals surface area contributed by atoms with Crippen LogP contribution in [-0.2, 0) is 0 Å². The van der Waals surface area contributed by atoms with Crippen molar-refractivity contribution in [2.24, 2.45) is 5.73 Å². The first-order chi connectivity index (χ1) is 13.0. The van der Waals surface area contributed by atoms with Crippen molar-refractivity contribution >= 4 is 0 Å². The molecule has 3 aromatic rings. The van der Waals surface area contributed by atoms with E-state index in [1.165, 1.54) is 12.1 Å². The summed E-state index contributed by atoms with van der Waals surface area (Å²) < 4.78 is 7.41. The maximum Gasteiger partial charge on any atom is 0.229 e. The Morgan fingerprint density at radius 1 is 1.15 bits per heavy atom. The van der Waals surface area contributed by atoms with Gasteiger partial charge < -0.3 is 20.7 Å². The highest BCUT2D eigenvalue weighted by Crippen LogP contribution is 2.45. The number of aryl methyl sites for hydroxylation is 1. The van der Waals surface area contributed by atoms with Gasteiger partial charge in [0.2, 0.25) is 11.8 Å². The molecular weight excluding hydrogens is 344 g/mol. The Balaban J connectivity index is 1.97. The smallest absolute Gasteiger partial charge is 0.229 e. The topological polar surface area (TPSA) is 117 Å². The molecule has 4 rings (SSSR count). The average molecular weight is 360 g/mol. The van der Waals surface area contributed by atoms with Gasteiger partial charge >= 0.3 is 0 Å². The second-order valence-corrected chi connectivity index (χ2v) is 6.22. The summed E-state index contributed by atoms with van der Waals surface area (Å²) in [7, 11) is 0. The fourth-order valence-electron chi connectivity index (χ4n) is 3.31. The van der Waals surface area contributed by atoms with Gasteiger partial charge in [-0.1, -0.05) is 24.3 Å². The van der Waals surface area contributed by atoms with Crippen molar-refractivity contribution in [3.8, 4) is 29.1 Å². The molecule has 0 bridgehead atoms. The van der Waals surface area contributed by atoms with E-state index in [1.54, 1.807) is 10.7 Å². The molecule has 0 radical (unpaired) electrons. The van der Waals surface area contributed by atoms with Crippen molar-refractivity contribution < 1.29 is 14.9 Å². The summed E-state index contributed by atoms with van der Waals surface area (Å²) in [6.07, 6.45) is 0. The van der Waals surface area contributed by atoms with E-state index in [9.17, 15) is 15.5 Å². The summed E-state index contributed by atoms with van der Waals surface area (Å²) in [4.78, 5) is 0. The zero-order chi connectivity index (χ0) is 19.1. The standard InChI is InChI=1S/C20H16N4O3/c1-11-17-18(12-7-8-15(25)16(26)9-12)14(10-21)19(22)27-20(17)24(23-11)13-5-3-2-4-6-13/h2-9,18,25-26H,22H2,1H3/t18-/m1/s1. The number of hydrogen-bond acceptors (Lipinski definition) is 6. The van der Waals surface area contributed by atoms with Gasteiger partial charge in [0.1, 0.15) is 11.6 Å². The number of nitriles is 1. The quantitative estimate of drug-likeness (QED) is 0.605. The van der Waals surface area contributed by atoms with Crippen LogP contribution in [0, 0.1) is 18.3 Å². The summed E-state index contributed by atoms with van der Waals surface area (Å²) in [5, 5.41) is 33.8. The molecule has 1 aliphatic rings. The van der Waals surface area contributed by atoms with Gasteiger partial charge in [-0.3, -0.25) is 0 Å². The minimum atomic E-state index is -0.567. The van der Waals surface area contributed by atoms with Crippen molar-refractivity contribution in [2.75, 3.05) is 0 Å². The number of nitrogens with zero attached hydrogens (tertiary/aromatic N) is 3. The molecule has 1 aliphatic heterocycles. The molecule has 0 unspecified atom stereocenters. The van der Waals surface area contributed by atoms with E-state index in [1.807, 2.05) is 37.3 Å². The monoisotopic (exact) mass is 360 g/mol. The lowest BCUT2D eigenvalue weighted by Crippen LogP contribution is -2.22. The molecule has 134 valence electrons. The fraction of sp³-hybridized carbons (Fsp3) is 0.100. The lowest BCUT2D eigenvalue weighted by Gasteiger charge is -2.25. The van der Waals surface area contributed by atoms with Gasteiger partial charge in [0.15, 0.2) is 11.5 Å². The highest BCUT2D eigenvalue weighted by atomic mass is 16.5. The first-order valence-corrected chi connectivity index (χ1v) is 8.25. The van der Waals surface area contributed by atoms with Gasteiger partial charge in [-0.05, 0) is 36.8 Å². The lowest BCUT2D eigenvalue weighted by molar-refractivity contribution is 0.366. The third-order valence-corrected chi connectivity index (χ3v) is 4.57. The number of fused-ring (bicyclic) bond motifs is 1. The number of para-hydroxylation sites is 1. The number of phenols is 2. The van der Waals surface area contributed by atoms with Crippen molar-refractivity contribution in [2.45, 2.75) is 12.8 Å². The van der Waals surface area contributed by atoms with E-state index in [0.717, 1.165) is 5.69 Å². The van der Waals surface area contributed by atoms with E-state index in [2.05, 4.69) is 11.2 Å². The van der Waals surface area contributed by atoms with E-state index in [4.69, 9.17) is 10.5 Å². The van der Waals surface area contributed by atoms with Crippen LogP contribution in [0.5, 0.6) is 17.4 Å². The molecule has 1 atom stereocenters. The van der Waals surface area contributed by atoms with Gasteiger partial charge in [-0.2, -0.15) is 10.4 Å². The number of rotatable bonds is 2. The largest absolute Gasteiger partial charge is 0.504 e. The molecule has 7 heteroatoms. The maximum atomic E-state index is 9.92. The van der Waals surface area contributed by atoms with Crippen LogP contribution in [0.1, 0.15) is 22.7 Å². The zero-order valence-electron chi connectivity index (χ0n) is 14.4. The molecule has 2 aromatic carbocycles. The summed E-state index contributed by atoms with van der Waals surface area (Å²) >= 11 is 0. The fourth-order valence-corrected chi connectivity index (χ4v) is 3.31. The molecular formula is C20H16N4O3. The number of benzene rings is 2. The summed E-state index contributed by atoms with van der Waals surface area (Å²) in [6, 6.07) is 16.0. The molecule has 27 heavy (non-hydrogen) atoms. The normalized spacial score (nSPS) is 15.8. The van der Waals surface area contributed by atoms with Crippen LogP contribution in [0.2, 0.25) is 0 Å². The van der Waals surface area contributed by atoms with Crippen molar-refractivity contribution in [1.82, 2.24) is 9.78 Å². The highest BCUT2D eigenvalue weighted by molar-refractivity contribution is 5.58. The van der Waals surface area contributed by atoms with Crippen LogP contribution in [-0.4, -0.2) is 20.0 Å². The average Bonchev–Trinajstić information content (AvgIpc) is 2.99. The second-order valence-electron chi connectivity index (χ2n) is 6.22. The Kier molecular flexibility index (Phi) is 3.74. The predicted molar refractivity (Wildman–Crippen MR) is 97.4 cm³/mol. The Morgan fingerprint density at radius 2 is 1.89 bits per heavy atom. The molecule has 0 saturated heterocycles. The van der Waals surface area contributed by atoms with Crippen LogP contribution in [0.4, 0.5) is 0 Å². The SMILES string of the molecule is Cc1nn(-c2ccccc2)c2c1[C@H](c1ccc(O)c(O)c1)C(C#N)=C(N)O2. The van der Waals surface area contributed by atoms with Gasteiger partial charge in [-0.25, -0.2) is 4.68 Å². The van der Waals surface area contributed by atoms with Crippen molar-refractivity contribution in [3.05, 3.63) is 76.8 Å². The van der Waals surface area contributed by atoms with Gasteiger partial charge in [-0.15, -0.1) is 0 Å². The van der Waals surface area contributed by atoms with Crippen LogP contribution < -0.4 is 10.5 Å². The van der Waals surface area contributed by atoms with Crippen LogP contribution in [0.15, 0.2) is 60.0 Å². The Morgan fingerprint density at radius 3 is 2.56 bits per heavy atom. The number of nitrogens with two attached hydrogens (primary N) is 1. The first kappa shape index (κ1) is 16.5. The minimum absolute atomic E-state index is 0.0142. The molecule has 7 nitrogen and oxygen atoms in total. The molecule has 2 heterocycles. The molecule has 4 N–H and O–H groups in total. The zero-order valence-corrected chi connectivity index (χ0v) is 14.4. The van der Waals surface area contributed by atoms with Crippen molar-refractivity contribution in [3.63, 3.8) is 0 Å². The van der Waals surface area contributed by atoms with Gasteiger partial charge in [0.05, 0.1) is 22.9 Å². The molecule has 0 aliphatic carbocycles. The third-order valence-electron chi connectivity index (χ3n) is 4.57. The molecule has 0 amide bonds. The van der Waals surface area contributed by atoms with Gasteiger partial charge in [0, 0.05) is 0 Å². The third kappa shape index (κ3) is 2.55. The molecule has 0 spiro atoms. The number of ether oxygens (including phenoxy) is 1. The molecule has 1 aromatic heterocycles. The lowest BCUT2D eigenvalue weighted by atomic mass is 9.84. The number of hydrogen-bond donors (Lipinski definition) is 3. The van der Waals surface area contributed by atoms with Crippen LogP contribution >= 0.6 is 0 Å². The highest BCUT2D eigenvalue weighted by Gasteiger charge is 2.36. The van der Waals surface area contributed by atoms with Crippen molar-refractivity contribution in [1.29, 1.82) is 5.26 Å². The second kappa shape index (κ2) is 6.11. The van der Waals surface area contributed by atoms with E-state index in [-0.39, 0.29) is 23.0 Å². The maximum absolute atomic E-state index is 9.92. The first-order valence-electron chi connectivity index (χ1n) is 8.25. The Hall–Kier alpha value is -3.92. The number of phenolic OH excluding ortho intramolecular Hbond substituents is 2. The van der Waals surface area contributed by atoms with Crippen LogP contribution in [0.3, 0.4) is 0 Å². The van der Waals surface area contributed by atoms with Gasteiger partial charge in [0.25, 0.3) is 0 Å². The Bertz CT molecular complexity index is 1110. The summed E-state index contributed by atoms with van der Waals surface area (Å²) in [6.45, 7) is 1.82. The Labute approximate surface area is 155 Å². The minimum Gasteiger partial charge on any atom is -0.504 e. The van der Waals surface area contributed by atoms with E-state index >= 15 is 0 Å². The summed E-state index contributed by atoms with van der Waals surface area (Å²) in [5.41, 5.74) is 9.02. The summed E-state index contributed by atoms with van der Waals surface area (Å²) in [5.74, 6) is -0.669. The predicted octanol–water partition coefficient (Wildman–Crippen LogP) is 2.81. The van der Waals surface area contributed by atoms with E-state index in [0.29, 0.717) is 22.7 Å². The number of allylic oxidation sites excluding steroid dienone is 1.